The maximum atomic E-state index is 12.6. The van der Waals surface area contributed by atoms with E-state index >= 15 is 0 Å². The zero-order valence-corrected chi connectivity index (χ0v) is 15.8. The lowest BCUT2D eigenvalue weighted by atomic mass is 10.1. The van der Waals surface area contributed by atoms with Gasteiger partial charge >= 0.3 is 0 Å². The molecule has 0 aliphatic heterocycles. The van der Waals surface area contributed by atoms with Crippen LogP contribution in [-0.4, -0.2) is 19.0 Å². The average Bonchev–Trinajstić information content (AvgIpc) is 2.55. The second kappa shape index (κ2) is 10.4. The molecular weight excluding hydrogens is 340 g/mol. The molecule has 1 amide bonds. The Morgan fingerprint density at radius 3 is 2.50 bits per heavy atom. The predicted molar refractivity (Wildman–Crippen MR) is 105 cm³/mol. The Bertz CT molecular complexity index is 649. The van der Waals surface area contributed by atoms with Gasteiger partial charge in [-0.1, -0.05) is 48.0 Å². The molecule has 24 heavy (non-hydrogen) atoms. The van der Waals surface area contributed by atoms with Crippen molar-refractivity contribution in [1.29, 1.82) is 0 Å². The zero-order valence-electron chi connectivity index (χ0n) is 14.1. The fourth-order valence-corrected chi connectivity index (χ4v) is 3.49. The lowest BCUT2D eigenvalue weighted by Gasteiger charge is -2.18. The number of thioether (sulfide) groups is 1. The van der Waals surface area contributed by atoms with Crippen LogP contribution in [0.1, 0.15) is 28.4 Å². The normalized spacial score (nSPS) is 11.5. The standard InChI is InChI=1S/C19H24N2OS.ClH/c1-14-9-10-17(15(2)13-14)23-18(16-7-4-3-5-8-16)19(22)21-12-6-11-20;/h3-5,7-10,13,18H,6,11-12,20H2,1-2H3,(H,21,22);1H. The van der Waals surface area contributed by atoms with E-state index in [9.17, 15) is 4.79 Å². The molecule has 0 saturated carbocycles. The van der Waals surface area contributed by atoms with E-state index in [1.807, 2.05) is 30.3 Å². The Balaban J connectivity index is 0.00000288. The maximum absolute atomic E-state index is 12.6. The van der Waals surface area contributed by atoms with Crippen molar-refractivity contribution in [3.63, 3.8) is 0 Å². The third-order valence-electron chi connectivity index (χ3n) is 3.60. The summed E-state index contributed by atoms with van der Waals surface area (Å²) >= 11 is 1.60. The number of halogens is 1. The molecule has 2 rings (SSSR count). The van der Waals surface area contributed by atoms with Crippen LogP contribution in [-0.2, 0) is 4.79 Å². The number of carbonyl (C=O) groups excluding carboxylic acids is 1. The summed E-state index contributed by atoms with van der Waals surface area (Å²) in [6, 6.07) is 16.2. The number of nitrogens with one attached hydrogen (secondary N) is 1. The number of aryl methyl sites for hydroxylation is 2. The van der Waals surface area contributed by atoms with E-state index in [1.165, 1.54) is 11.1 Å². The van der Waals surface area contributed by atoms with Crippen molar-refractivity contribution in [1.82, 2.24) is 5.32 Å². The first-order chi connectivity index (χ1) is 11.1. The van der Waals surface area contributed by atoms with Gasteiger partial charge in [0.2, 0.25) is 5.91 Å². The smallest absolute Gasteiger partial charge is 0.237 e. The Kier molecular flexibility index (Phi) is 8.90. The summed E-state index contributed by atoms with van der Waals surface area (Å²) < 4.78 is 0. The van der Waals surface area contributed by atoms with Crippen LogP contribution in [0.5, 0.6) is 0 Å². The van der Waals surface area contributed by atoms with Gasteiger partial charge < -0.3 is 11.1 Å². The molecule has 0 heterocycles. The first-order valence-electron chi connectivity index (χ1n) is 7.88. The van der Waals surface area contributed by atoms with Gasteiger partial charge in [-0.15, -0.1) is 24.2 Å². The minimum atomic E-state index is -0.254. The van der Waals surface area contributed by atoms with Crippen LogP contribution in [0, 0.1) is 13.8 Å². The summed E-state index contributed by atoms with van der Waals surface area (Å²) in [7, 11) is 0. The number of amides is 1. The number of nitrogens with two attached hydrogens (primary N) is 1. The maximum Gasteiger partial charge on any atom is 0.237 e. The lowest BCUT2D eigenvalue weighted by Crippen LogP contribution is -2.29. The Morgan fingerprint density at radius 1 is 1.17 bits per heavy atom. The van der Waals surface area contributed by atoms with Gasteiger partial charge in [-0.05, 0) is 44.0 Å². The highest BCUT2D eigenvalue weighted by Gasteiger charge is 2.22. The summed E-state index contributed by atoms with van der Waals surface area (Å²) in [4.78, 5) is 13.8. The third kappa shape index (κ3) is 5.86. The molecule has 0 spiro atoms. The molecule has 2 aromatic rings. The van der Waals surface area contributed by atoms with Gasteiger partial charge in [-0.25, -0.2) is 0 Å². The molecule has 5 heteroatoms. The molecular formula is C19H25ClN2OS. The van der Waals surface area contributed by atoms with Gasteiger partial charge in [0.25, 0.3) is 0 Å². The highest BCUT2D eigenvalue weighted by atomic mass is 35.5. The molecule has 2 aromatic carbocycles. The number of carbonyl (C=O) groups is 1. The van der Waals surface area contributed by atoms with Gasteiger partial charge in [0, 0.05) is 11.4 Å². The fraction of sp³-hybridized carbons (Fsp3) is 0.316. The Labute approximate surface area is 154 Å². The fourth-order valence-electron chi connectivity index (χ4n) is 2.37. The largest absolute Gasteiger partial charge is 0.355 e. The number of rotatable bonds is 7. The Hall–Kier alpha value is -1.49. The van der Waals surface area contributed by atoms with E-state index in [0.29, 0.717) is 13.1 Å². The van der Waals surface area contributed by atoms with Crippen molar-refractivity contribution in [2.45, 2.75) is 30.4 Å². The molecule has 1 unspecified atom stereocenters. The second-order valence-corrected chi connectivity index (χ2v) is 6.76. The summed E-state index contributed by atoms with van der Waals surface area (Å²) in [6.45, 7) is 5.37. The van der Waals surface area contributed by atoms with Crippen molar-refractivity contribution in [2.24, 2.45) is 5.73 Å². The summed E-state index contributed by atoms with van der Waals surface area (Å²) in [5.41, 5.74) is 8.95. The highest BCUT2D eigenvalue weighted by Crippen LogP contribution is 2.37. The van der Waals surface area contributed by atoms with Gasteiger partial charge in [-0.2, -0.15) is 0 Å². The molecule has 130 valence electrons. The van der Waals surface area contributed by atoms with Crippen LogP contribution >= 0.6 is 24.2 Å². The molecule has 3 nitrogen and oxygen atoms in total. The first kappa shape index (κ1) is 20.6. The molecule has 0 saturated heterocycles. The van der Waals surface area contributed by atoms with E-state index in [0.717, 1.165) is 16.9 Å². The van der Waals surface area contributed by atoms with Gasteiger partial charge in [0.1, 0.15) is 5.25 Å². The van der Waals surface area contributed by atoms with E-state index in [-0.39, 0.29) is 23.6 Å². The third-order valence-corrected chi connectivity index (χ3v) is 5.03. The van der Waals surface area contributed by atoms with Crippen LogP contribution in [0.3, 0.4) is 0 Å². The monoisotopic (exact) mass is 364 g/mol. The molecule has 0 aliphatic carbocycles. The van der Waals surface area contributed by atoms with Crippen LogP contribution in [0.25, 0.3) is 0 Å². The number of hydrogen-bond donors (Lipinski definition) is 2. The predicted octanol–water partition coefficient (Wildman–Crippen LogP) is 4.02. The van der Waals surface area contributed by atoms with E-state index < -0.39 is 0 Å². The molecule has 0 fully saturated rings. The SMILES string of the molecule is Cc1ccc(SC(C(=O)NCCCN)c2ccccc2)c(C)c1.Cl. The van der Waals surface area contributed by atoms with E-state index in [2.05, 4.69) is 37.4 Å². The summed E-state index contributed by atoms with van der Waals surface area (Å²) in [5.74, 6) is 0.0367. The van der Waals surface area contributed by atoms with Gasteiger partial charge in [0.05, 0.1) is 0 Å². The van der Waals surface area contributed by atoms with Crippen molar-refractivity contribution in [3.8, 4) is 0 Å². The summed E-state index contributed by atoms with van der Waals surface area (Å²) in [6.07, 6.45) is 0.793. The first-order valence-corrected chi connectivity index (χ1v) is 8.76. The van der Waals surface area contributed by atoms with Crippen LogP contribution in [0.2, 0.25) is 0 Å². The van der Waals surface area contributed by atoms with Crippen LogP contribution < -0.4 is 11.1 Å². The molecule has 0 aromatic heterocycles. The van der Waals surface area contributed by atoms with Crippen molar-refractivity contribution in [3.05, 3.63) is 65.2 Å². The van der Waals surface area contributed by atoms with Crippen molar-refractivity contribution in [2.75, 3.05) is 13.1 Å². The highest BCUT2D eigenvalue weighted by molar-refractivity contribution is 8.00. The van der Waals surface area contributed by atoms with Gasteiger partial charge in [0.15, 0.2) is 0 Å². The number of benzene rings is 2. The minimum Gasteiger partial charge on any atom is -0.355 e. The minimum absolute atomic E-state index is 0. The second-order valence-electron chi connectivity index (χ2n) is 5.61. The zero-order chi connectivity index (χ0) is 16.7. The van der Waals surface area contributed by atoms with E-state index in [1.54, 1.807) is 11.8 Å². The topological polar surface area (TPSA) is 55.1 Å². The van der Waals surface area contributed by atoms with E-state index in [4.69, 9.17) is 5.73 Å². The lowest BCUT2D eigenvalue weighted by molar-refractivity contribution is -0.120. The summed E-state index contributed by atoms with van der Waals surface area (Å²) in [5, 5.41) is 2.74. The number of hydrogen-bond acceptors (Lipinski definition) is 3. The average molecular weight is 365 g/mol. The molecule has 0 aliphatic rings. The van der Waals surface area contributed by atoms with Crippen LogP contribution in [0.15, 0.2) is 53.4 Å². The quantitative estimate of drug-likeness (QED) is 0.576. The molecule has 1 atom stereocenters. The van der Waals surface area contributed by atoms with Gasteiger partial charge in [-0.3, -0.25) is 4.79 Å². The molecule has 0 radical (unpaired) electrons. The van der Waals surface area contributed by atoms with Crippen molar-refractivity contribution >= 4 is 30.1 Å². The molecule has 3 N–H and O–H groups in total. The molecule has 0 bridgehead atoms. The van der Waals surface area contributed by atoms with Crippen molar-refractivity contribution < 1.29 is 4.79 Å². The van der Waals surface area contributed by atoms with Crippen LogP contribution in [0.4, 0.5) is 0 Å². The Morgan fingerprint density at radius 2 is 1.88 bits per heavy atom.